The van der Waals surface area contributed by atoms with Crippen molar-refractivity contribution in [2.24, 2.45) is 0 Å². The molecular weight excluding hydrogens is 208 g/mol. The molecule has 0 bridgehead atoms. The fourth-order valence-electron chi connectivity index (χ4n) is 2.54. The van der Waals surface area contributed by atoms with Crippen molar-refractivity contribution in [2.45, 2.75) is 31.2 Å². The molecule has 2 nitrogen and oxygen atoms in total. The molecule has 0 saturated heterocycles. The monoisotopic (exact) mass is 224 g/mol. The van der Waals surface area contributed by atoms with Gasteiger partial charge in [0.1, 0.15) is 5.54 Å². The van der Waals surface area contributed by atoms with Crippen LogP contribution in [0, 0.1) is 23.7 Å². The maximum Gasteiger partial charge on any atom is 0.133 e. The second kappa shape index (κ2) is 5.04. The number of terminal acetylenes is 1. The molecule has 0 fully saturated rings. The van der Waals surface area contributed by atoms with E-state index in [1.54, 1.807) is 0 Å². The molecule has 0 radical (unpaired) electrons. The lowest BCUT2D eigenvalue weighted by molar-refractivity contribution is 0.412. The SMILES string of the molecule is C#CCNC1(C#N)CCCCc2ccccc21. The minimum absolute atomic E-state index is 0.432. The normalized spacial score (nSPS) is 22.9. The van der Waals surface area contributed by atoms with Gasteiger partial charge in [-0.2, -0.15) is 5.26 Å². The van der Waals surface area contributed by atoms with E-state index in [4.69, 9.17) is 6.42 Å². The molecule has 0 aliphatic heterocycles. The van der Waals surface area contributed by atoms with Gasteiger partial charge in [0, 0.05) is 0 Å². The molecule has 1 unspecified atom stereocenters. The van der Waals surface area contributed by atoms with Crippen LogP contribution in [-0.2, 0) is 12.0 Å². The van der Waals surface area contributed by atoms with Gasteiger partial charge in [-0.25, -0.2) is 0 Å². The highest BCUT2D eigenvalue weighted by Gasteiger charge is 2.34. The van der Waals surface area contributed by atoms with Gasteiger partial charge in [-0.1, -0.05) is 30.2 Å². The Morgan fingerprint density at radius 2 is 2.18 bits per heavy atom. The van der Waals surface area contributed by atoms with Crippen LogP contribution in [0.4, 0.5) is 0 Å². The minimum Gasteiger partial charge on any atom is -0.285 e. The van der Waals surface area contributed by atoms with Gasteiger partial charge in [-0.05, 0) is 36.8 Å². The molecule has 86 valence electrons. The van der Waals surface area contributed by atoms with Crippen LogP contribution >= 0.6 is 0 Å². The zero-order valence-corrected chi connectivity index (χ0v) is 9.87. The van der Waals surface area contributed by atoms with Crippen LogP contribution in [0.25, 0.3) is 0 Å². The second-order valence-electron chi connectivity index (χ2n) is 4.44. The van der Waals surface area contributed by atoms with Crippen molar-refractivity contribution in [1.82, 2.24) is 5.32 Å². The Morgan fingerprint density at radius 1 is 1.35 bits per heavy atom. The zero-order chi connectivity index (χ0) is 12.1. The number of hydrogen-bond acceptors (Lipinski definition) is 2. The van der Waals surface area contributed by atoms with Crippen molar-refractivity contribution < 1.29 is 0 Å². The molecule has 2 rings (SSSR count). The van der Waals surface area contributed by atoms with Crippen molar-refractivity contribution in [1.29, 1.82) is 5.26 Å². The maximum absolute atomic E-state index is 9.56. The minimum atomic E-state index is -0.598. The van der Waals surface area contributed by atoms with Gasteiger partial charge in [0.05, 0.1) is 12.6 Å². The highest BCUT2D eigenvalue weighted by atomic mass is 15.0. The Balaban J connectivity index is 2.45. The van der Waals surface area contributed by atoms with Crippen LogP contribution in [-0.4, -0.2) is 6.54 Å². The summed E-state index contributed by atoms with van der Waals surface area (Å²) >= 11 is 0. The zero-order valence-electron chi connectivity index (χ0n) is 9.87. The molecule has 1 aromatic rings. The predicted octanol–water partition coefficient (Wildman–Crippen LogP) is 2.35. The molecule has 17 heavy (non-hydrogen) atoms. The number of benzene rings is 1. The summed E-state index contributed by atoms with van der Waals surface area (Å²) < 4.78 is 0. The third kappa shape index (κ3) is 2.18. The average Bonchev–Trinajstić information content (AvgIpc) is 2.57. The molecule has 1 aliphatic carbocycles. The Hall–Kier alpha value is -1.77. The van der Waals surface area contributed by atoms with Crippen LogP contribution in [0.3, 0.4) is 0 Å². The first kappa shape index (κ1) is 11.7. The molecular formula is C15H16N2. The lowest BCUT2D eigenvalue weighted by Crippen LogP contribution is -2.41. The van der Waals surface area contributed by atoms with Crippen molar-refractivity contribution in [2.75, 3.05) is 6.54 Å². The summed E-state index contributed by atoms with van der Waals surface area (Å²) in [5.41, 5.74) is 1.78. The summed E-state index contributed by atoms with van der Waals surface area (Å²) in [4.78, 5) is 0. The summed E-state index contributed by atoms with van der Waals surface area (Å²) in [6, 6.07) is 10.6. The average molecular weight is 224 g/mol. The number of nitrogens with zero attached hydrogens (tertiary/aromatic N) is 1. The molecule has 0 saturated carbocycles. The van der Waals surface area contributed by atoms with E-state index in [2.05, 4.69) is 23.4 Å². The Bertz CT molecular complexity index is 478. The molecule has 0 amide bonds. The molecule has 1 N–H and O–H groups in total. The van der Waals surface area contributed by atoms with Gasteiger partial charge in [0.2, 0.25) is 0 Å². The second-order valence-corrected chi connectivity index (χ2v) is 4.44. The van der Waals surface area contributed by atoms with Gasteiger partial charge < -0.3 is 0 Å². The van der Waals surface area contributed by atoms with Gasteiger partial charge in [0.15, 0.2) is 0 Å². The van der Waals surface area contributed by atoms with E-state index in [0.717, 1.165) is 31.2 Å². The molecule has 0 heterocycles. The Morgan fingerprint density at radius 3 is 2.94 bits per heavy atom. The highest BCUT2D eigenvalue weighted by molar-refractivity contribution is 5.39. The van der Waals surface area contributed by atoms with Crippen LogP contribution in [0.5, 0.6) is 0 Å². The smallest absolute Gasteiger partial charge is 0.133 e. The number of nitriles is 1. The summed E-state index contributed by atoms with van der Waals surface area (Å²) in [5, 5.41) is 12.8. The van der Waals surface area contributed by atoms with E-state index >= 15 is 0 Å². The Kier molecular flexibility index (Phi) is 3.47. The lowest BCUT2D eigenvalue weighted by Gasteiger charge is -2.27. The van der Waals surface area contributed by atoms with Crippen molar-refractivity contribution in [3.63, 3.8) is 0 Å². The molecule has 0 aromatic heterocycles. The molecule has 1 aliphatic rings. The molecule has 1 aromatic carbocycles. The van der Waals surface area contributed by atoms with E-state index in [1.807, 2.05) is 18.2 Å². The van der Waals surface area contributed by atoms with Crippen molar-refractivity contribution in [3.8, 4) is 18.4 Å². The quantitative estimate of drug-likeness (QED) is 0.618. The van der Waals surface area contributed by atoms with Crippen LogP contribution in [0.1, 0.15) is 30.4 Å². The first-order valence-electron chi connectivity index (χ1n) is 6.00. The van der Waals surface area contributed by atoms with E-state index < -0.39 is 5.54 Å². The fourth-order valence-corrected chi connectivity index (χ4v) is 2.54. The van der Waals surface area contributed by atoms with Gasteiger partial charge >= 0.3 is 0 Å². The first-order valence-corrected chi connectivity index (χ1v) is 6.00. The lowest BCUT2D eigenvalue weighted by atomic mass is 9.85. The van der Waals surface area contributed by atoms with E-state index in [1.165, 1.54) is 5.56 Å². The fraction of sp³-hybridized carbons (Fsp3) is 0.400. The number of hydrogen-bond donors (Lipinski definition) is 1. The molecule has 1 atom stereocenters. The van der Waals surface area contributed by atoms with Gasteiger partial charge in [0.25, 0.3) is 0 Å². The molecule has 2 heteroatoms. The first-order chi connectivity index (χ1) is 8.32. The third-order valence-corrected chi connectivity index (χ3v) is 3.41. The number of aryl methyl sites for hydroxylation is 1. The topological polar surface area (TPSA) is 35.8 Å². The number of fused-ring (bicyclic) bond motifs is 1. The highest BCUT2D eigenvalue weighted by Crippen LogP contribution is 2.33. The van der Waals surface area contributed by atoms with Crippen molar-refractivity contribution >= 4 is 0 Å². The largest absolute Gasteiger partial charge is 0.285 e. The van der Waals surface area contributed by atoms with E-state index in [9.17, 15) is 5.26 Å². The van der Waals surface area contributed by atoms with Gasteiger partial charge in [-0.15, -0.1) is 6.42 Å². The van der Waals surface area contributed by atoms with E-state index in [0.29, 0.717) is 6.54 Å². The maximum atomic E-state index is 9.56. The number of nitrogens with one attached hydrogen (secondary N) is 1. The van der Waals surface area contributed by atoms with E-state index in [-0.39, 0.29) is 0 Å². The predicted molar refractivity (Wildman–Crippen MR) is 68.1 cm³/mol. The summed E-state index contributed by atoms with van der Waals surface area (Å²) in [5.74, 6) is 2.56. The van der Waals surface area contributed by atoms with Crippen LogP contribution < -0.4 is 5.32 Å². The molecule has 0 spiro atoms. The Labute approximate surface area is 103 Å². The van der Waals surface area contributed by atoms with Crippen molar-refractivity contribution in [3.05, 3.63) is 35.4 Å². The summed E-state index contributed by atoms with van der Waals surface area (Å²) in [6.45, 7) is 0.432. The van der Waals surface area contributed by atoms with Gasteiger partial charge in [-0.3, -0.25) is 5.32 Å². The third-order valence-electron chi connectivity index (χ3n) is 3.41. The van der Waals surface area contributed by atoms with Crippen LogP contribution in [0.2, 0.25) is 0 Å². The standard InChI is InChI=1S/C15H16N2/c1-2-11-17-15(12-16)10-6-5-8-13-7-3-4-9-14(13)15/h1,3-4,7,9,17H,5-6,8,10-11H2. The summed E-state index contributed by atoms with van der Waals surface area (Å²) in [6.07, 6.45) is 9.38. The van der Waals surface area contributed by atoms with Crippen LogP contribution in [0.15, 0.2) is 24.3 Å². The number of rotatable bonds is 2. The summed E-state index contributed by atoms with van der Waals surface area (Å²) in [7, 11) is 0.